The number of rotatable bonds is 2. The Hall–Kier alpha value is -1.73. The largest absolute Gasteiger partial charge is 0.391 e. The molecule has 1 aliphatic heterocycles. The molecule has 0 radical (unpaired) electrons. The van der Waals surface area contributed by atoms with Crippen molar-refractivity contribution in [3.05, 3.63) is 17.6 Å². The zero-order valence-corrected chi connectivity index (χ0v) is 14.5. The van der Waals surface area contributed by atoms with Gasteiger partial charge in [0.1, 0.15) is 12.1 Å². The zero-order chi connectivity index (χ0) is 17.3. The summed E-state index contributed by atoms with van der Waals surface area (Å²) >= 11 is 0. The van der Waals surface area contributed by atoms with Crippen LogP contribution in [0.4, 0.5) is 5.82 Å². The molecule has 2 heterocycles. The predicted octanol–water partition coefficient (Wildman–Crippen LogP) is 0.230. The molecule has 132 valence electrons. The van der Waals surface area contributed by atoms with Gasteiger partial charge < -0.3 is 20.6 Å². The molecule has 24 heavy (non-hydrogen) atoms. The molecule has 0 spiro atoms. The second-order valence-electron chi connectivity index (χ2n) is 6.96. The number of anilines is 1. The van der Waals surface area contributed by atoms with Crippen LogP contribution in [-0.2, 0) is 4.79 Å². The Bertz CT molecular complexity index is 601. The van der Waals surface area contributed by atoms with E-state index in [1.807, 2.05) is 18.7 Å². The van der Waals surface area contributed by atoms with Gasteiger partial charge in [-0.2, -0.15) is 0 Å². The lowest BCUT2D eigenvalue weighted by Gasteiger charge is -2.39. The van der Waals surface area contributed by atoms with Crippen LogP contribution in [0.5, 0.6) is 0 Å². The van der Waals surface area contributed by atoms with E-state index in [2.05, 4.69) is 14.9 Å². The fourth-order valence-electron chi connectivity index (χ4n) is 3.64. The van der Waals surface area contributed by atoms with E-state index in [-0.39, 0.29) is 17.9 Å². The third kappa shape index (κ3) is 3.37. The topological polar surface area (TPSA) is 95.6 Å². The van der Waals surface area contributed by atoms with Crippen molar-refractivity contribution >= 4 is 11.7 Å². The fraction of sp³-hybridized carbons (Fsp3) is 0.706. The maximum Gasteiger partial charge on any atom is 0.225 e. The highest BCUT2D eigenvalue weighted by atomic mass is 16.3. The van der Waals surface area contributed by atoms with Crippen molar-refractivity contribution in [3.8, 4) is 0 Å². The molecule has 2 fully saturated rings. The lowest BCUT2D eigenvalue weighted by atomic mass is 9.83. The van der Waals surface area contributed by atoms with Gasteiger partial charge in [-0.1, -0.05) is 0 Å². The number of carbonyl (C=O) groups is 1. The number of nitrogens with two attached hydrogens (primary N) is 1. The summed E-state index contributed by atoms with van der Waals surface area (Å²) in [6.45, 7) is 6.96. The molecule has 0 aromatic carbocycles. The average molecular weight is 333 g/mol. The number of amides is 1. The van der Waals surface area contributed by atoms with Gasteiger partial charge in [0.15, 0.2) is 0 Å². The molecule has 0 bridgehead atoms. The van der Waals surface area contributed by atoms with Crippen LogP contribution in [0.1, 0.15) is 30.5 Å². The quantitative estimate of drug-likeness (QED) is 0.804. The maximum absolute atomic E-state index is 12.7. The second kappa shape index (κ2) is 7.03. The van der Waals surface area contributed by atoms with Crippen LogP contribution in [0.2, 0.25) is 0 Å². The number of aryl methyl sites for hydroxylation is 1. The van der Waals surface area contributed by atoms with Crippen LogP contribution >= 0.6 is 0 Å². The number of aromatic nitrogens is 2. The van der Waals surface area contributed by atoms with E-state index in [1.54, 1.807) is 6.33 Å². The van der Waals surface area contributed by atoms with Crippen molar-refractivity contribution in [2.75, 3.05) is 31.1 Å². The van der Waals surface area contributed by atoms with Crippen molar-refractivity contribution < 1.29 is 9.90 Å². The van der Waals surface area contributed by atoms with E-state index in [0.717, 1.165) is 43.0 Å². The van der Waals surface area contributed by atoms with E-state index in [1.165, 1.54) is 0 Å². The Kier molecular flexibility index (Phi) is 5.01. The summed E-state index contributed by atoms with van der Waals surface area (Å²) in [4.78, 5) is 25.5. The Labute approximate surface area is 142 Å². The Morgan fingerprint density at radius 2 is 1.92 bits per heavy atom. The van der Waals surface area contributed by atoms with Crippen LogP contribution in [0.25, 0.3) is 0 Å². The van der Waals surface area contributed by atoms with Gasteiger partial charge in [0.2, 0.25) is 5.91 Å². The lowest BCUT2D eigenvalue weighted by molar-refractivity contribution is -0.138. The first-order valence-corrected chi connectivity index (χ1v) is 8.73. The number of nitrogens with zero attached hydrogens (tertiary/aromatic N) is 4. The first-order valence-electron chi connectivity index (χ1n) is 8.73. The first-order chi connectivity index (χ1) is 11.5. The van der Waals surface area contributed by atoms with Gasteiger partial charge in [-0.15, -0.1) is 0 Å². The van der Waals surface area contributed by atoms with Crippen molar-refractivity contribution in [2.45, 2.75) is 45.3 Å². The first kappa shape index (κ1) is 17.1. The molecule has 7 heteroatoms. The zero-order valence-electron chi connectivity index (χ0n) is 14.5. The normalized spacial score (nSPS) is 28.1. The Morgan fingerprint density at radius 3 is 2.58 bits per heavy atom. The van der Waals surface area contributed by atoms with Crippen LogP contribution in [-0.4, -0.2) is 64.2 Å². The number of aliphatic hydroxyl groups excluding tert-OH is 1. The number of piperazine rings is 1. The van der Waals surface area contributed by atoms with E-state index in [4.69, 9.17) is 5.73 Å². The molecule has 1 saturated carbocycles. The van der Waals surface area contributed by atoms with Crippen LogP contribution in [0, 0.1) is 19.8 Å². The molecule has 1 amide bonds. The van der Waals surface area contributed by atoms with Gasteiger partial charge >= 0.3 is 0 Å². The third-order valence-corrected chi connectivity index (χ3v) is 5.42. The van der Waals surface area contributed by atoms with Crippen molar-refractivity contribution in [1.29, 1.82) is 0 Å². The average Bonchev–Trinajstić information content (AvgIpc) is 2.59. The molecule has 1 aromatic heterocycles. The predicted molar refractivity (Wildman–Crippen MR) is 91.6 cm³/mol. The molecular weight excluding hydrogens is 306 g/mol. The summed E-state index contributed by atoms with van der Waals surface area (Å²) in [5.41, 5.74) is 7.92. The van der Waals surface area contributed by atoms with E-state index in [9.17, 15) is 9.90 Å². The summed E-state index contributed by atoms with van der Waals surface area (Å²) in [6, 6.07) is -0.185. The van der Waals surface area contributed by atoms with Crippen molar-refractivity contribution in [3.63, 3.8) is 0 Å². The van der Waals surface area contributed by atoms with Crippen molar-refractivity contribution in [1.82, 2.24) is 14.9 Å². The van der Waals surface area contributed by atoms with Gasteiger partial charge in [-0.3, -0.25) is 4.79 Å². The Balaban J connectivity index is 1.59. The summed E-state index contributed by atoms with van der Waals surface area (Å²) in [7, 11) is 0. The molecule has 0 unspecified atom stereocenters. The molecule has 7 nitrogen and oxygen atoms in total. The molecule has 3 rings (SSSR count). The summed E-state index contributed by atoms with van der Waals surface area (Å²) in [5, 5.41) is 9.92. The fourth-order valence-corrected chi connectivity index (χ4v) is 3.64. The summed E-state index contributed by atoms with van der Waals surface area (Å²) < 4.78 is 0. The third-order valence-electron chi connectivity index (χ3n) is 5.42. The van der Waals surface area contributed by atoms with Gasteiger partial charge in [0, 0.05) is 49.4 Å². The second-order valence-corrected chi connectivity index (χ2v) is 6.96. The minimum Gasteiger partial charge on any atom is -0.391 e. The van der Waals surface area contributed by atoms with E-state index < -0.39 is 6.10 Å². The molecule has 3 atom stereocenters. The maximum atomic E-state index is 12.7. The molecule has 1 aliphatic carbocycles. The smallest absolute Gasteiger partial charge is 0.225 e. The number of aliphatic hydroxyl groups is 1. The molecule has 2 aliphatic rings. The SMILES string of the molecule is Cc1ncnc(N2CCN(C(=O)[C@H]3CC[C@H](N)[C@@H](O)C3)CC2)c1C. The molecule has 3 N–H and O–H groups in total. The van der Waals surface area contributed by atoms with Gasteiger partial charge in [0.25, 0.3) is 0 Å². The van der Waals surface area contributed by atoms with Crippen LogP contribution in [0.3, 0.4) is 0 Å². The number of hydrogen-bond donors (Lipinski definition) is 2. The number of carbonyl (C=O) groups excluding carboxylic acids is 1. The van der Waals surface area contributed by atoms with Gasteiger partial charge in [-0.25, -0.2) is 9.97 Å². The highest BCUT2D eigenvalue weighted by molar-refractivity contribution is 5.79. The monoisotopic (exact) mass is 333 g/mol. The Morgan fingerprint density at radius 1 is 1.21 bits per heavy atom. The summed E-state index contributed by atoms with van der Waals surface area (Å²) in [6.07, 6.45) is 3.03. The van der Waals surface area contributed by atoms with Gasteiger partial charge in [0.05, 0.1) is 6.10 Å². The molecule has 1 saturated heterocycles. The standard InChI is InChI=1S/C17H27N5O2/c1-11-12(2)19-10-20-16(11)21-5-7-22(8-6-21)17(24)13-3-4-14(18)15(23)9-13/h10,13-15,23H,3-9,18H2,1-2H3/t13-,14-,15-/m0/s1. The van der Waals surface area contributed by atoms with E-state index in [0.29, 0.717) is 19.5 Å². The minimum absolute atomic E-state index is 0.0885. The minimum atomic E-state index is -0.555. The highest BCUT2D eigenvalue weighted by Gasteiger charge is 2.34. The lowest BCUT2D eigenvalue weighted by Crippen LogP contribution is -2.52. The van der Waals surface area contributed by atoms with Crippen LogP contribution in [0.15, 0.2) is 6.33 Å². The van der Waals surface area contributed by atoms with Crippen molar-refractivity contribution in [2.24, 2.45) is 11.7 Å². The number of hydrogen-bond acceptors (Lipinski definition) is 6. The van der Waals surface area contributed by atoms with Gasteiger partial charge in [-0.05, 0) is 33.1 Å². The molecular formula is C17H27N5O2. The molecule has 1 aromatic rings. The van der Waals surface area contributed by atoms with E-state index >= 15 is 0 Å². The summed E-state index contributed by atoms with van der Waals surface area (Å²) in [5.74, 6) is 1.04. The van der Waals surface area contributed by atoms with Crippen LogP contribution < -0.4 is 10.6 Å². The highest BCUT2D eigenvalue weighted by Crippen LogP contribution is 2.27.